The van der Waals surface area contributed by atoms with E-state index in [1.165, 1.54) is 0 Å². The summed E-state index contributed by atoms with van der Waals surface area (Å²) in [5.41, 5.74) is 6.99. The lowest BCUT2D eigenvalue weighted by Crippen LogP contribution is -2.14. The Kier molecular flexibility index (Phi) is 7.94. The van der Waals surface area contributed by atoms with Crippen molar-refractivity contribution in [1.29, 1.82) is 0 Å². The lowest BCUT2D eigenvalue weighted by atomic mass is 10.4. The van der Waals surface area contributed by atoms with E-state index in [1.54, 1.807) is 44.7 Å². The van der Waals surface area contributed by atoms with Crippen molar-refractivity contribution in [3.05, 3.63) is 19.0 Å². The number of anilines is 2. The van der Waals surface area contributed by atoms with Gasteiger partial charge in [0.05, 0.1) is 25.1 Å². The number of nitrogens with one attached hydrogen (secondary N) is 1. The molecule has 0 aliphatic carbocycles. The van der Waals surface area contributed by atoms with Crippen LogP contribution in [0.3, 0.4) is 0 Å². The van der Waals surface area contributed by atoms with E-state index < -0.39 is 7.60 Å². The summed E-state index contributed by atoms with van der Waals surface area (Å²) in [4.78, 5) is 12.8. The SMILES string of the molecule is C=CCNc1nc(N)nc2c1ncn2CCOCP(=O)(OC(C)C)OC(C)C. The molecule has 10 nitrogen and oxygen atoms in total. The zero-order valence-corrected chi connectivity index (χ0v) is 17.7. The number of rotatable bonds is 12. The zero-order chi connectivity index (χ0) is 20.7. The minimum atomic E-state index is -3.33. The topological polar surface area (TPSA) is 126 Å². The molecule has 2 heterocycles. The van der Waals surface area contributed by atoms with Crippen LogP contribution in [0.1, 0.15) is 27.7 Å². The van der Waals surface area contributed by atoms with Crippen molar-refractivity contribution in [3.63, 3.8) is 0 Å². The number of nitrogen functional groups attached to an aromatic ring is 1. The average Bonchev–Trinajstić information content (AvgIpc) is 2.98. The molecule has 0 aromatic carbocycles. The number of aromatic nitrogens is 4. The first-order valence-electron chi connectivity index (χ1n) is 9.11. The molecular weight excluding hydrogens is 383 g/mol. The monoisotopic (exact) mass is 412 g/mol. The van der Waals surface area contributed by atoms with Crippen LogP contribution in [0.5, 0.6) is 0 Å². The van der Waals surface area contributed by atoms with E-state index in [0.717, 1.165) is 0 Å². The van der Waals surface area contributed by atoms with Gasteiger partial charge in [0, 0.05) is 13.1 Å². The van der Waals surface area contributed by atoms with Crippen LogP contribution in [0.4, 0.5) is 11.8 Å². The minimum Gasteiger partial charge on any atom is -0.368 e. The molecule has 156 valence electrons. The van der Waals surface area contributed by atoms with Gasteiger partial charge >= 0.3 is 7.60 Å². The summed E-state index contributed by atoms with van der Waals surface area (Å²) in [7, 11) is -3.33. The fraction of sp³-hybridized carbons (Fsp3) is 0.588. The van der Waals surface area contributed by atoms with Crippen LogP contribution in [0, 0.1) is 0 Å². The molecular formula is C17H29N6O4P. The predicted octanol–water partition coefficient (Wildman–Crippen LogP) is 3.02. The molecule has 0 spiro atoms. The third-order valence-corrected chi connectivity index (χ3v) is 5.35. The Morgan fingerprint density at radius 2 is 1.96 bits per heavy atom. The van der Waals surface area contributed by atoms with Gasteiger partial charge in [-0.05, 0) is 27.7 Å². The summed E-state index contributed by atoms with van der Waals surface area (Å²) in [6.45, 7) is 12.1. The molecule has 11 heteroatoms. The summed E-state index contributed by atoms with van der Waals surface area (Å²) < 4.78 is 31.1. The minimum absolute atomic E-state index is 0.126. The number of ether oxygens (including phenoxy) is 1. The molecule has 0 radical (unpaired) electrons. The van der Waals surface area contributed by atoms with Gasteiger partial charge in [-0.1, -0.05) is 6.08 Å². The first kappa shape index (κ1) is 22.3. The molecule has 2 aromatic rings. The number of hydrogen-bond acceptors (Lipinski definition) is 9. The number of nitrogens with two attached hydrogens (primary N) is 1. The Hall–Kier alpha value is -2.00. The van der Waals surface area contributed by atoms with Gasteiger partial charge in [0.2, 0.25) is 5.95 Å². The average molecular weight is 412 g/mol. The van der Waals surface area contributed by atoms with Crippen molar-refractivity contribution in [1.82, 2.24) is 19.5 Å². The molecule has 0 atom stereocenters. The van der Waals surface area contributed by atoms with Crippen LogP contribution in [0.15, 0.2) is 19.0 Å². The van der Waals surface area contributed by atoms with Gasteiger partial charge in [-0.25, -0.2) is 4.98 Å². The zero-order valence-electron chi connectivity index (χ0n) is 16.8. The molecule has 2 rings (SSSR count). The summed E-state index contributed by atoms with van der Waals surface area (Å²) in [6.07, 6.45) is 2.76. The normalized spacial score (nSPS) is 12.2. The first-order chi connectivity index (χ1) is 13.2. The van der Waals surface area contributed by atoms with Crippen LogP contribution in [0.25, 0.3) is 11.2 Å². The summed E-state index contributed by atoms with van der Waals surface area (Å²) >= 11 is 0. The quantitative estimate of drug-likeness (QED) is 0.307. The fourth-order valence-corrected chi connectivity index (χ4v) is 4.29. The molecule has 0 bridgehead atoms. The van der Waals surface area contributed by atoms with Gasteiger partial charge in [0.15, 0.2) is 17.0 Å². The Morgan fingerprint density at radius 3 is 2.57 bits per heavy atom. The Balaban J connectivity index is 2.02. The maximum Gasteiger partial charge on any atom is 0.356 e. The number of fused-ring (bicyclic) bond motifs is 1. The Bertz CT molecular complexity index is 824. The van der Waals surface area contributed by atoms with Crippen molar-refractivity contribution >= 4 is 30.5 Å². The molecule has 28 heavy (non-hydrogen) atoms. The van der Waals surface area contributed by atoms with E-state index in [0.29, 0.717) is 30.1 Å². The molecule has 0 aliphatic heterocycles. The summed E-state index contributed by atoms with van der Waals surface area (Å²) in [6, 6.07) is 0. The highest BCUT2D eigenvalue weighted by Crippen LogP contribution is 2.50. The molecule has 0 unspecified atom stereocenters. The lowest BCUT2D eigenvalue weighted by molar-refractivity contribution is 0.0961. The second-order valence-corrected chi connectivity index (χ2v) is 8.57. The van der Waals surface area contributed by atoms with Gasteiger partial charge in [-0.3, -0.25) is 4.57 Å². The van der Waals surface area contributed by atoms with E-state index in [-0.39, 0.29) is 31.1 Å². The number of nitrogens with zero attached hydrogens (tertiary/aromatic N) is 4. The van der Waals surface area contributed by atoms with Crippen molar-refractivity contribution < 1.29 is 18.3 Å². The molecule has 0 amide bonds. The van der Waals surface area contributed by atoms with Crippen molar-refractivity contribution in [2.24, 2.45) is 0 Å². The van der Waals surface area contributed by atoms with Crippen molar-refractivity contribution in [3.8, 4) is 0 Å². The lowest BCUT2D eigenvalue weighted by Gasteiger charge is -2.22. The summed E-state index contributed by atoms with van der Waals surface area (Å²) in [5.74, 6) is 0.684. The maximum atomic E-state index is 12.8. The molecule has 0 fully saturated rings. The van der Waals surface area contributed by atoms with Crippen LogP contribution in [0.2, 0.25) is 0 Å². The van der Waals surface area contributed by atoms with E-state index in [4.69, 9.17) is 19.5 Å². The van der Waals surface area contributed by atoms with Crippen LogP contribution in [-0.4, -0.2) is 51.2 Å². The maximum absolute atomic E-state index is 12.8. The van der Waals surface area contributed by atoms with Gasteiger partial charge in [-0.2, -0.15) is 9.97 Å². The highest BCUT2D eigenvalue weighted by atomic mass is 31.2. The van der Waals surface area contributed by atoms with Gasteiger partial charge < -0.3 is 29.4 Å². The van der Waals surface area contributed by atoms with Crippen LogP contribution in [-0.2, 0) is 24.9 Å². The standard InChI is InChI=1S/C17H29N6O4P/c1-6-7-19-15-14-16(22-17(18)21-15)23(10-20-14)8-9-25-11-28(24,26-12(2)3)27-13(4)5/h6,10,12-13H,1,7-9,11H2,2-5H3,(H3,18,19,21,22). The van der Waals surface area contributed by atoms with E-state index >= 15 is 0 Å². The third-order valence-electron chi connectivity index (χ3n) is 3.36. The van der Waals surface area contributed by atoms with Crippen LogP contribution >= 0.6 is 7.60 Å². The third kappa shape index (κ3) is 6.27. The highest BCUT2D eigenvalue weighted by Gasteiger charge is 2.28. The van der Waals surface area contributed by atoms with E-state index in [2.05, 4.69) is 26.8 Å². The second-order valence-electron chi connectivity index (χ2n) is 6.67. The molecule has 0 saturated carbocycles. The Morgan fingerprint density at radius 1 is 1.29 bits per heavy atom. The van der Waals surface area contributed by atoms with Crippen molar-refractivity contribution in [2.75, 3.05) is 30.6 Å². The summed E-state index contributed by atoms with van der Waals surface area (Å²) in [5, 5.41) is 3.09. The van der Waals surface area contributed by atoms with Crippen LogP contribution < -0.4 is 11.1 Å². The molecule has 2 aromatic heterocycles. The molecule has 0 aliphatic rings. The fourth-order valence-electron chi connectivity index (χ4n) is 2.48. The van der Waals surface area contributed by atoms with E-state index in [9.17, 15) is 4.57 Å². The number of hydrogen-bond donors (Lipinski definition) is 2. The van der Waals surface area contributed by atoms with Gasteiger partial charge in [-0.15, -0.1) is 6.58 Å². The second kappa shape index (κ2) is 9.97. The van der Waals surface area contributed by atoms with Gasteiger partial charge in [0.25, 0.3) is 0 Å². The Labute approximate surface area is 165 Å². The van der Waals surface area contributed by atoms with Crippen molar-refractivity contribution in [2.45, 2.75) is 46.4 Å². The first-order valence-corrected chi connectivity index (χ1v) is 10.8. The molecule has 0 saturated heterocycles. The van der Waals surface area contributed by atoms with E-state index in [1.807, 2.05) is 0 Å². The largest absolute Gasteiger partial charge is 0.368 e. The van der Waals surface area contributed by atoms with Gasteiger partial charge in [0.1, 0.15) is 6.35 Å². The predicted molar refractivity (Wildman–Crippen MR) is 109 cm³/mol. The smallest absolute Gasteiger partial charge is 0.356 e. The highest BCUT2D eigenvalue weighted by molar-refractivity contribution is 7.53. The number of imidazole rings is 1. The molecule has 3 N–H and O–H groups in total.